The maximum absolute atomic E-state index is 12.0. The van der Waals surface area contributed by atoms with E-state index in [0.29, 0.717) is 23.5 Å². The largest absolute Gasteiger partial charge is 0.413 e. The average molecular weight is 629 g/mol. The van der Waals surface area contributed by atoms with E-state index in [1.165, 1.54) is 12.2 Å². The van der Waals surface area contributed by atoms with Crippen LogP contribution in [-0.2, 0) is 9.59 Å². The number of carbonyl (C=O) groups is 5. The summed E-state index contributed by atoms with van der Waals surface area (Å²) in [5.41, 5.74) is 2.15. The highest BCUT2D eigenvalue weighted by Gasteiger charge is 2.25. The van der Waals surface area contributed by atoms with Crippen molar-refractivity contribution in [1.29, 1.82) is 0 Å². The van der Waals surface area contributed by atoms with Crippen LogP contribution in [-0.4, -0.2) is 42.1 Å². The molecule has 0 heterocycles. The van der Waals surface area contributed by atoms with Gasteiger partial charge in [0.05, 0.1) is 12.1 Å². The van der Waals surface area contributed by atoms with Crippen molar-refractivity contribution in [1.82, 2.24) is 10.6 Å². The molecule has 2 aliphatic rings. The molecule has 0 aliphatic heterocycles. The van der Waals surface area contributed by atoms with Gasteiger partial charge in [-0.15, -0.1) is 0 Å². The van der Waals surface area contributed by atoms with E-state index >= 15 is 0 Å². The highest BCUT2D eigenvalue weighted by Crippen LogP contribution is 2.19. The maximum Gasteiger partial charge on any atom is 0.413 e. The molecule has 236 valence electrons. The second-order valence-corrected chi connectivity index (χ2v) is 10.1. The van der Waals surface area contributed by atoms with Crippen LogP contribution in [0.4, 0.5) is 9.59 Å². The first-order valence-electron chi connectivity index (χ1n) is 14.7. The van der Waals surface area contributed by atoms with Crippen molar-refractivity contribution in [2.45, 2.75) is 18.5 Å². The summed E-state index contributed by atoms with van der Waals surface area (Å²) >= 11 is 0. The summed E-state index contributed by atoms with van der Waals surface area (Å²) in [7, 11) is 0. The number of hydrogen-bond donors (Lipinski definition) is 2. The Kier molecular flexibility index (Phi) is 12.7. The molecular weight excluding hydrogens is 596 g/mol. The Labute approximate surface area is 272 Å². The third-order valence-corrected chi connectivity index (χ3v) is 6.54. The Morgan fingerprint density at radius 2 is 1.11 bits per heavy atom. The summed E-state index contributed by atoms with van der Waals surface area (Å²) in [6.07, 6.45) is 8.02. The van der Waals surface area contributed by atoms with Gasteiger partial charge in [0.2, 0.25) is 0 Å². The molecule has 4 aromatic rings. The van der Waals surface area contributed by atoms with Gasteiger partial charge < -0.3 is 20.1 Å². The zero-order valence-electron chi connectivity index (χ0n) is 25.2. The van der Waals surface area contributed by atoms with Gasteiger partial charge >= 0.3 is 12.2 Å². The number of hydrogen-bond acceptors (Lipinski definition) is 7. The van der Waals surface area contributed by atoms with Crippen molar-refractivity contribution >= 4 is 36.1 Å². The standard InChI is InChI=1S/C19H15NO3.C12H11NO3.C7H6O/c21-18-12-11-17(16(18)13-14-7-3-1-4-8-14)20-19(22)23-15-9-5-2-6-10-15;14-10-7-6-9(8-10)13-12(15)16-11-4-2-1-3-5-11;8-6-7-4-2-1-3-5-7/h1-13,17H,(H,20,22);1-7,9H,8H2,(H,13,15);1-6H/b16-13+;;. The van der Waals surface area contributed by atoms with E-state index in [2.05, 4.69) is 10.6 Å². The zero-order chi connectivity index (χ0) is 33.3. The lowest BCUT2D eigenvalue weighted by Crippen LogP contribution is -2.36. The van der Waals surface area contributed by atoms with Crippen molar-refractivity contribution in [3.63, 3.8) is 0 Å². The number of rotatable bonds is 6. The minimum Gasteiger partial charge on any atom is -0.410 e. The zero-order valence-corrected chi connectivity index (χ0v) is 25.2. The van der Waals surface area contributed by atoms with Gasteiger partial charge in [-0.3, -0.25) is 14.4 Å². The molecule has 2 unspecified atom stereocenters. The van der Waals surface area contributed by atoms with Crippen LogP contribution < -0.4 is 20.1 Å². The van der Waals surface area contributed by atoms with Gasteiger partial charge in [0.1, 0.15) is 17.8 Å². The molecule has 0 saturated heterocycles. The predicted octanol–water partition coefficient (Wildman–Crippen LogP) is 6.54. The van der Waals surface area contributed by atoms with Crippen LogP contribution >= 0.6 is 0 Å². The molecular formula is C38H32N2O7. The predicted molar refractivity (Wildman–Crippen MR) is 178 cm³/mol. The number of para-hydroxylation sites is 2. The smallest absolute Gasteiger partial charge is 0.410 e. The Morgan fingerprint density at radius 3 is 1.57 bits per heavy atom. The topological polar surface area (TPSA) is 128 Å². The lowest BCUT2D eigenvalue weighted by atomic mass is 10.1. The van der Waals surface area contributed by atoms with Crippen LogP contribution in [0, 0.1) is 0 Å². The van der Waals surface area contributed by atoms with Gasteiger partial charge in [0, 0.05) is 17.6 Å². The molecule has 0 fully saturated rings. The van der Waals surface area contributed by atoms with Crippen molar-refractivity contribution in [3.8, 4) is 11.5 Å². The number of ketones is 2. The van der Waals surface area contributed by atoms with Crippen LogP contribution in [0.3, 0.4) is 0 Å². The van der Waals surface area contributed by atoms with Crippen LogP contribution in [0.2, 0.25) is 0 Å². The third kappa shape index (κ3) is 11.6. The number of allylic oxidation sites excluding steroid dienone is 2. The van der Waals surface area contributed by atoms with Crippen LogP contribution in [0.15, 0.2) is 151 Å². The summed E-state index contributed by atoms with van der Waals surface area (Å²) in [6.45, 7) is 0. The summed E-state index contributed by atoms with van der Waals surface area (Å²) in [4.78, 5) is 56.3. The van der Waals surface area contributed by atoms with Gasteiger partial charge in [-0.2, -0.15) is 0 Å². The summed E-state index contributed by atoms with van der Waals surface area (Å²) in [6, 6.07) is 35.4. The first-order chi connectivity index (χ1) is 22.9. The molecule has 2 aliphatic carbocycles. The highest BCUT2D eigenvalue weighted by atomic mass is 16.6. The average Bonchev–Trinajstić information content (AvgIpc) is 3.66. The molecule has 9 nitrogen and oxygen atoms in total. The van der Waals surface area contributed by atoms with Gasteiger partial charge in [0.15, 0.2) is 11.6 Å². The van der Waals surface area contributed by atoms with Gasteiger partial charge in [-0.25, -0.2) is 9.59 Å². The van der Waals surface area contributed by atoms with E-state index in [9.17, 15) is 24.0 Å². The molecule has 2 atom stereocenters. The molecule has 2 amide bonds. The van der Waals surface area contributed by atoms with Crippen LogP contribution in [0.25, 0.3) is 6.08 Å². The first-order valence-corrected chi connectivity index (χ1v) is 14.7. The number of ether oxygens (including phenoxy) is 2. The number of nitrogens with one attached hydrogen (secondary N) is 2. The number of benzene rings is 4. The second-order valence-electron chi connectivity index (χ2n) is 10.1. The van der Waals surface area contributed by atoms with E-state index in [1.807, 2.05) is 60.7 Å². The second kappa shape index (κ2) is 17.8. The fourth-order valence-electron chi connectivity index (χ4n) is 4.29. The van der Waals surface area contributed by atoms with Crippen LogP contribution in [0.1, 0.15) is 22.3 Å². The first kappa shape index (κ1) is 33.5. The molecule has 47 heavy (non-hydrogen) atoms. The molecule has 0 spiro atoms. The van der Waals surface area contributed by atoms with E-state index in [0.717, 1.165) is 17.4 Å². The van der Waals surface area contributed by atoms with Crippen molar-refractivity contribution < 1.29 is 33.4 Å². The molecule has 0 radical (unpaired) electrons. The van der Waals surface area contributed by atoms with E-state index in [1.54, 1.807) is 78.9 Å². The van der Waals surface area contributed by atoms with Gasteiger partial charge in [0.25, 0.3) is 0 Å². The molecule has 0 saturated carbocycles. The molecule has 2 N–H and O–H groups in total. The van der Waals surface area contributed by atoms with Crippen molar-refractivity contribution in [3.05, 3.63) is 162 Å². The summed E-state index contributed by atoms with van der Waals surface area (Å²) in [5.74, 6) is 0.837. The Bertz CT molecular complexity index is 1740. The SMILES string of the molecule is O=C(NC1C=CC(=O)/C1=C/c1ccccc1)Oc1ccccc1.O=C1C=CC(NC(=O)Oc2ccccc2)C1.O=Cc1ccccc1. The number of carbonyl (C=O) groups excluding carboxylic acids is 5. The summed E-state index contributed by atoms with van der Waals surface area (Å²) < 4.78 is 10.2. The van der Waals surface area contributed by atoms with Crippen molar-refractivity contribution in [2.75, 3.05) is 0 Å². The minimum atomic E-state index is -0.598. The van der Waals surface area contributed by atoms with Crippen molar-refractivity contribution in [2.24, 2.45) is 0 Å². The normalized spacial score (nSPS) is 16.6. The minimum absolute atomic E-state index is 0.0185. The lowest BCUT2D eigenvalue weighted by molar-refractivity contribution is -0.114. The fourth-order valence-corrected chi connectivity index (χ4v) is 4.29. The van der Waals surface area contributed by atoms with E-state index in [-0.39, 0.29) is 17.6 Å². The molecule has 0 aromatic heterocycles. The maximum atomic E-state index is 12.0. The quantitative estimate of drug-likeness (QED) is 0.183. The Hall–Kier alpha value is -6.35. The van der Waals surface area contributed by atoms with Gasteiger partial charge in [-0.05, 0) is 48.1 Å². The summed E-state index contributed by atoms with van der Waals surface area (Å²) in [5, 5.41) is 5.28. The highest BCUT2D eigenvalue weighted by molar-refractivity contribution is 6.11. The monoisotopic (exact) mass is 628 g/mol. The Balaban J connectivity index is 0.000000180. The van der Waals surface area contributed by atoms with E-state index < -0.39 is 18.2 Å². The number of amides is 2. The third-order valence-electron chi connectivity index (χ3n) is 6.54. The fraction of sp³-hybridized carbons (Fsp3) is 0.0789. The van der Waals surface area contributed by atoms with Gasteiger partial charge in [-0.1, -0.05) is 109 Å². The lowest BCUT2D eigenvalue weighted by Gasteiger charge is -2.13. The number of aldehydes is 1. The van der Waals surface area contributed by atoms with E-state index in [4.69, 9.17) is 9.47 Å². The van der Waals surface area contributed by atoms with Crippen LogP contribution in [0.5, 0.6) is 11.5 Å². The Morgan fingerprint density at radius 1 is 0.617 bits per heavy atom. The molecule has 6 rings (SSSR count). The molecule has 4 aromatic carbocycles. The molecule has 0 bridgehead atoms. The molecule has 9 heteroatoms.